The van der Waals surface area contributed by atoms with Gasteiger partial charge in [0.2, 0.25) is 0 Å². The molecule has 1 aromatic carbocycles. The zero-order valence-electron chi connectivity index (χ0n) is 18.5. The SMILES string of the molecule is CN(C)CCN(Cc1cccc(C#N)c1)C(=O)c1cc2c([nH]c1=O)CC(C)(C)CC2=O. The molecule has 1 N–H and O–H groups in total. The molecule has 0 unspecified atom stereocenters. The molecule has 1 aromatic heterocycles. The second-order valence-corrected chi connectivity index (χ2v) is 9.19. The Morgan fingerprint density at radius 1 is 1.16 bits per heavy atom. The summed E-state index contributed by atoms with van der Waals surface area (Å²) in [6.07, 6.45) is 0.966. The average Bonchev–Trinajstić information content (AvgIpc) is 2.69. The van der Waals surface area contributed by atoms with Crippen molar-refractivity contribution in [3.63, 3.8) is 0 Å². The summed E-state index contributed by atoms with van der Waals surface area (Å²) in [5.74, 6) is -0.482. The molecule has 1 heterocycles. The fourth-order valence-corrected chi connectivity index (χ4v) is 3.89. The molecule has 31 heavy (non-hydrogen) atoms. The lowest BCUT2D eigenvalue weighted by Crippen LogP contribution is -2.40. The molecule has 0 atom stereocenters. The summed E-state index contributed by atoms with van der Waals surface area (Å²) in [4.78, 5) is 45.1. The number of aromatic amines is 1. The summed E-state index contributed by atoms with van der Waals surface area (Å²) in [6.45, 7) is 5.26. The second kappa shape index (κ2) is 8.86. The number of Topliss-reactive ketones (excluding diaryl/α,β-unsaturated/α-hetero) is 1. The quantitative estimate of drug-likeness (QED) is 0.775. The molecule has 0 saturated heterocycles. The van der Waals surface area contributed by atoms with Crippen LogP contribution in [0.2, 0.25) is 0 Å². The molecule has 2 aromatic rings. The Labute approximate surface area is 182 Å². The van der Waals surface area contributed by atoms with Crippen LogP contribution in [-0.4, -0.2) is 53.7 Å². The summed E-state index contributed by atoms with van der Waals surface area (Å²) in [6, 6.07) is 10.6. The Hall–Kier alpha value is -3.24. The Morgan fingerprint density at radius 2 is 1.90 bits per heavy atom. The Bertz CT molecular complexity index is 1110. The number of hydrogen-bond acceptors (Lipinski definition) is 5. The number of ketones is 1. The van der Waals surface area contributed by atoms with Crippen molar-refractivity contribution >= 4 is 11.7 Å². The zero-order chi connectivity index (χ0) is 22.8. The van der Waals surface area contributed by atoms with Crippen LogP contribution in [0.1, 0.15) is 57.8 Å². The predicted molar refractivity (Wildman–Crippen MR) is 118 cm³/mol. The second-order valence-electron chi connectivity index (χ2n) is 9.19. The van der Waals surface area contributed by atoms with Crippen LogP contribution in [-0.2, 0) is 13.0 Å². The number of pyridine rings is 1. The summed E-state index contributed by atoms with van der Waals surface area (Å²) in [7, 11) is 3.82. The van der Waals surface area contributed by atoms with Crippen LogP contribution in [0.4, 0.5) is 0 Å². The Morgan fingerprint density at radius 3 is 2.58 bits per heavy atom. The van der Waals surface area contributed by atoms with Gasteiger partial charge >= 0.3 is 0 Å². The van der Waals surface area contributed by atoms with Gasteiger partial charge in [0.1, 0.15) is 5.56 Å². The number of carbonyl (C=O) groups excluding carboxylic acids is 2. The molecule has 7 heteroatoms. The molecule has 0 radical (unpaired) electrons. The van der Waals surface area contributed by atoms with E-state index in [-0.39, 0.29) is 23.3 Å². The third kappa shape index (κ3) is 5.28. The number of fused-ring (bicyclic) bond motifs is 1. The average molecular weight is 421 g/mol. The molecule has 1 aliphatic rings. The normalized spacial score (nSPS) is 14.8. The van der Waals surface area contributed by atoms with E-state index in [9.17, 15) is 14.4 Å². The highest BCUT2D eigenvalue weighted by Crippen LogP contribution is 2.33. The van der Waals surface area contributed by atoms with Gasteiger partial charge in [-0.3, -0.25) is 14.4 Å². The van der Waals surface area contributed by atoms with E-state index in [1.165, 1.54) is 6.07 Å². The molecule has 1 aliphatic carbocycles. The topological polar surface area (TPSA) is 97.3 Å². The molecule has 7 nitrogen and oxygen atoms in total. The van der Waals surface area contributed by atoms with Crippen LogP contribution in [0.3, 0.4) is 0 Å². The van der Waals surface area contributed by atoms with Crippen molar-refractivity contribution in [2.24, 2.45) is 5.41 Å². The van der Waals surface area contributed by atoms with Gasteiger partial charge in [-0.05, 0) is 49.7 Å². The van der Waals surface area contributed by atoms with Crippen LogP contribution in [0, 0.1) is 16.7 Å². The maximum absolute atomic E-state index is 13.4. The van der Waals surface area contributed by atoms with Crippen LogP contribution in [0.5, 0.6) is 0 Å². The van der Waals surface area contributed by atoms with Gasteiger partial charge in [-0.25, -0.2) is 0 Å². The summed E-state index contributed by atoms with van der Waals surface area (Å²) in [5.41, 5.74) is 1.63. The summed E-state index contributed by atoms with van der Waals surface area (Å²) < 4.78 is 0. The monoisotopic (exact) mass is 420 g/mol. The van der Waals surface area contributed by atoms with Gasteiger partial charge in [-0.1, -0.05) is 26.0 Å². The highest BCUT2D eigenvalue weighted by atomic mass is 16.2. The van der Waals surface area contributed by atoms with E-state index in [0.717, 1.165) is 5.56 Å². The molecule has 1 amide bonds. The summed E-state index contributed by atoms with van der Waals surface area (Å²) in [5, 5.41) is 9.16. The van der Waals surface area contributed by atoms with E-state index in [4.69, 9.17) is 5.26 Å². The van der Waals surface area contributed by atoms with E-state index in [2.05, 4.69) is 11.1 Å². The predicted octanol–water partition coefficient (Wildman–Crippen LogP) is 2.61. The fourth-order valence-electron chi connectivity index (χ4n) is 3.89. The minimum Gasteiger partial charge on any atom is -0.333 e. The Kier molecular flexibility index (Phi) is 6.42. The van der Waals surface area contributed by atoms with Crippen molar-refractivity contribution in [1.82, 2.24) is 14.8 Å². The third-order valence-corrected chi connectivity index (χ3v) is 5.48. The molecule has 0 bridgehead atoms. The van der Waals surface area contributed by atoms with E-state index in [1.54, 1.807) is 23.1 Å². The van der Waals surface area contributed by atoms with E-state index in [0.29, 0.717) is 42.8 Å². The van der Waals surface area contributed by atoms with E-state index < -0.39 is 11.5 Å². The molecule has 0 fully saturated rings. The van der Waals surface area contributed by atoms with Crippen LogP contribution in [0.15, 0.2) is 35.1 Å². The first-order valence-corrected chi connectivity index (χ1v) is 10.3. The van der Waals surface area contributed by atoms with Gasteiger partial charge < -0.3 is 14.8 Å². The van der Waals surface area contributed by atoms with Crippen molar-refractivity contribution in [3.8, 4) is 6.07 Å². The minimum absolute atomic E-state index is 0.0259. The molecule has 0 saturated carbocycles. The van der Waals surface area contributed by atoms with Gasteiger partial charge in [-0.15, -0.1) is 0 Å². The number of rotatable bonds is 6. The number of H-pyrrole nitrogens is 1. The molecule has 162 valence electrons. The largest absolute Gasteiger partial charge is 0.333 e. The number of likely N-dealkylation sites (N-methyl/N-ethyl adjacent to an activating group) is 1. The van der Waals surface area contributed by atoms with Crippen molar-refractivity contribution in [2.75, 3.05) is 27.2 Å². The lowest BCUT2D eigenvalue weighted by atomic mass is 9.75. The van der Waals surface area contributed by atoms with Crippen molar-refractivity contribution in [1.29, 1.82) is 5.26 Å². The van der Waals surface area contributed by atoms with Gasteiger partial charge in [-0.2, -0.15) is 5.26 Å². The van der Waals surface area contributed by atoms with Gasteiger partial charge in [0.05, 0.1) is 11.6 Å². The van der Waals surface area contributed by atoms with Gasteiger partial charge in [0.15, 0.2) is 5.78 Å². The lowest BCUT2D eigenvalue weighted by molar-refractivity contribution is 0.0730. The number of hydrogen-bond donors (Lipinski definition) is 1. The van der Waals surface area contributed by atoms with Crippen molar-refractivity contribution < 1.29 is 9.59 Å². The van der Waals surface area contributed by atoms with Gasteiger partial charge in [0, 0.05) is 37.3 Å². The van der Waals surface area contributed by atoms with E-state index >= 15 is 0 Å². The number of amides is 1. The first-order chi connectivity index (χ1) is 14.6. The first-order valence-electron chi connectivity index (χ1n) is 10.3. The molecule has 0 spiro atoms. The Balaban J connectivity index is 1.95. The highest BCUT2D eigenvalue weighted by molar-refractivity contribution is 6.02. The summed E-state index contributed by atoms with van der Waals surface area (Å²) >= 11 is 0. The highest BCUT2D eigenvalue weighted by Gasteiger charge is 2.33. The number of nitriles is 1. The number of aromatic nitrogens is 1. The zero-order valence-corrected chi connectivity index (χ0v) is 18.5. The van der Waals surface area contributed by atoms with E-state index in [1.807, 2.05) is 38.9 Å². The number of nitrogens with one attached hydrogen (secondary N) is 1. The molecule has 3 rings (SSSR count). The fraction of sp³-hybridized carbons (Fsp3) is 0.417. The maximum atomic E-state index is 13.4. The van der Waals surface area contributed by atoms with Gasteiger partial charge in [0.25, 0.3) is 11.5 Å². The third-order valence-electron chi connectivity index (χ3n) is 5.48. The molecule has 0 aliphatic heterocycles. The number of carbonyl (C=O) groups is 2. The van der Waals surface area contributed by atoms with Crippen LogP contribution < -0.4 is 5.56 Å². The van der Waals surface area contributed by atoms with Crippen LogP contribution >= 0.6 is 0 Å². The van der Waals surface area contributed by atoms with Crippen LogP contribution in [0.25, 0.3) is 0 Å². The number of nitrogens with zero attached hydrogens (tertiary/aromatic N) is 3. The number of benzene rings is 1. The molecular weight excluding hydrogens is 392 g/mol. The molecular formula is C24H28N4O3. The lowest BCUT2D eigenvalue weighted by Gasteiger charge is -2.30. The minimum atomic E-state index is -0.477. The van der Waals surface area contributed by atoms with Crippen molar-refractivity contribution in [3.05, 3.63) is 68.6 Å². The smallest absolute Gasteiger partial charge is 0.261 e. The van der Waals surface area contributed by atoms with Crippen molar-refractivity contribution in [2.45, 2.75) is 33.2 Å². The maximum Gasteiger partial charge on any atom is 0.261 e. The standard InChI is InChI=1S/C24H28N4O3/c1-24(2)12-20-18(21(29)13-24)11-19(22(30)26-20)23(31)28(9-8-27(3)4)15-17-7-5-6-16(10-17)14-25/h5-7,10-11H,8-9,12-13,15H2,1-4H3,(H,26,30). The first kappa shape index (κ1) is 22.4.